The number of rotatable bonds is 7. The molecule has 0 aliphatic carbocycles. The van der Waals surface area contributed by atoms with Crippen molar-refractivity contribution in [2.75, 3.05) is 31.1 Å². The lowest BCUT2D eigenvalue weighted by Crippen LogP contribution is -2.49. The van der Waals surface area contributed by atoms with Gasteiger partial charge in [0.15, 0.2) is 5.16 Å². The SMILES string of the molecule is CCc1cc2c(N3CCN(C(=O)c4ccc(-c5ccccc5)cc4)CC3)nc(SC(C)C(C)=O)nc2s1. The third-order valence-corrected chi connectivity index (χ3v) is 8.96. The topological polar surface area (TPSA) is 66.4 Å². The molecule has 2 aromatic carbocycles. The third kappa shape index (κ3) is 5.55. The van der Waals surface area contributed by atoms with Crippen LogP contribution in [-0.4, -0.2) is 58.0 Å². The van der Waals surface area contributed by atoms with Crippen molar-refractivity contribution in [3.63, 3.8) is 0 Å². The summed E-state index contributed by atoms with van der Waals surface area (Å²) in [4.78, 5) is 41.1. The second kappa shape index (κ2) is 11.0. The molecule has 0 bridgehead atoms. The van der Waals surface area contributed by atoms with E-state index in [2.05, 4.69) is 30.0 Å². The van der Waals surface area contributed by atoms with Gasteiger partial charge in [0, 0.05) is 36.6 Å². The normalized spacial score (nSPS) is 14.7. The summed E-state index contributed by atoms with van der Waals surface area (Å²) in [6.45, 7) is 8.28. The van der Waals surface area contributed by atoms with Crippen molar-refractivity contribution in [3.8, 4) is 11.1 Å². The number of piperazine rings is 1. The molecule has 1 amide bonds. The summed E-state index contributed by atoms with van der Waals surface area (Å²) in [7, 11) is 0. The van der Waals surface area contributed by atoms with Crippen LogP contribution in [0.3, 0.4) is 0 Å². The van der Waals surface area contributed by atoms with Gasteiger partial charge in [-0.25, -0.2) is 9.97 Å². The first-order valence-corrected chi connectivity index (χ1v) is 14.3. The largest absolute Gasteiger partial charge is 0.352 e. The molecule has 1 atom stereocenters. The lowest BCUT2D eigenvalue weighted by molar-refractivity contribution is -0.116. The molecule has 190 valence electrons. The molecule has 1 unspecified atom stereocenters. The zero-order valence-corrected chi connectivity index (χ0v) is 22.9. The highest BCUT2D eigenvalue weighted by Crippen LogP contribution is 2.35. The van der Waals surface area contributed by atoms with E-state index < -0.39 is 0 Å². The highest BCUT2D eigenvalue weighted by atomic mass is 32.2. The van der Waals surface area contributed by atoms with Gasteiger partial charge in [0.2, 0.25) is 0 Å². The van der Waals surface area contributed by atoms with Gasteiger partial charge < -0.3 is 9.80 Å². The van der Waals surface area contributed by atoms with Crippen molar-refractivity contribution in [1.29, 1.82) is 0 Å². The van der Waals surface area contributed by atoms with Crippen LogP contribution in [-0.2, 0) is 11.2 Å². The van der Waals surface area contributed by atoms with Crippen molar-refractivity contribution in [1.82, 2.24) is 14.9 Å². The Bertz CT molecular complexity index is 1410. The zero-order chi connectivity index (χ0) is 25.9. The second-order valence-electron chi connectivity index (χ2n) is 9.21. The summed E-state index contributed by atoms with van der Waals surface area (Å²) in [5, 5.41) is 1.49. The highest BCUT2D eigenvalue weighted by molar-refractivity contribution is 8.00. The molecule has 1 aliphatic heterocycles. The maximum absolute atomic E-state index is 13.2. The van der Waals surface area contributed by atoms with E-state index in [-0.39, 0.29) is 16.9 Å². The van der Waals surface area contributed by atoms with E-state index in [1.165, 1.54) is 16.6 Å². The van der Waals surface area contributed by atoms with Crippen LogP contribution in [0, 0.1) is 0 Å². The average Bonchev–Trinajstić information content (AvgIpc) is 3.36. The van der Waals surface area contributed by atoms with Crippen LogP contribution >= 0.6 is 23.1 Å². The predicted molar refractivity (Wildman–Crippen MR) is 153 cm³/mol. The molecule has 2 aromatic heterocycles. The summed E-state index contributed by atoms with van der Waals surface area (Å²) in [6, 6.07) is 20.2. The Morgan fingerprint density at radius 3 is 2.30 bits per heavy atom. The fourth-order valence-electron chi connectivity index (χ4n) is 4.39. The fraction of sp³-hybridized carbons (Fsp3) is 0.310. The van der Waals surface area contributed by atoms with E-state index in [9.17, 15) is 9.59 Å². The van der Waals surface area contributed by atoms with E-state index in [1.54, 1.807) is 18.3 Å². The van der Waals surface area contributed by atoms with Crippen molar-refractivity contribution >= 4 is 50.8 Å². The molecule has 6 nitrogen and oxygen atoms in total. The van der Waals surface area contributed by atoms with Crippen molar-refractivity contribution in [3.05, 3.63) is 71.1 Å². The Labute approximate surface area is 225 Å². The molecule has 3 heterocycles. The van der Waals surface area contributed by atoms with Crippen LogP contribution in [0.25, 0.3) is 21.3 Å². The van der Waals surface area contributed by atoms with Crippen molar-refractivity contribution < 1.29 is 9.59 Å². The van der Waals surface area contributed by atoms with Gasteiger partial charge in [-0.05, 0) is 49.6 Å². The van der Waals surface area contributed by atoms with E-state index in [4.69, 9.17) is 9.97 Å². The highest BCUT2D eigenvalue weighted by Gasteiger charge is 2.26. The monoisotopic (exact) mass is 530 g/mol. The third-order valence-electron chi connectivity index (χ3n) is 6.71. The van der Waals surface area contributed by atoms with Gasteiger partial charge >= 0.3 is 0 Å². The lowest BCUT2D eigenvalue weighted by Gasteiger charge is -2.35. The van der Waals surface area contributed by atoms with E-state index in [0.717, 1.165) is 33.6 Å². The number of carbonyl (C=O) groups is 2. The summed E-state index contributed by atoms with van der Waals surface area (Å²) in [5.74, 6) is 1.07. The predicted octanol–water partition coefficient (Wildman–Crippen LogP) is 5.95. The molecule has 4 aromatic rings. The van der Waals surface area contributed by atoms with Crippen molar-refractivity contribution in [2.45, 2.75) is 37.6 Å². The molecule has 0 N–H and O–H groups in total. The Morgan fingerprint density at radius 2 is 1.65 bits per heavy atom. The maximum atomic E-state index is 13.2. The number of carbonyl (C=O) groups excluding carboxylic acids is 2. The number of aromatic nitrogens is 2. The smallest absolute Gasteiger partial charge is 0.253 e. The number of hydrogen-bond donors (Lipinski definition) is 0. The van der Waals surface area contributed by atoms with Gasteiger partial charge in [0.05, 0.1) is 10.6 Å². The average molecular weight is 531 g/mol. The summed E-state index contributed by atoms with van der Waals surface area (Å²) < 4.78 is 0. The fourth-order valence-corrected chi connectivity index (χ4v) is 6.17. The number of aryl methyl sites for hydroxylation is 1. The number of benzene rings is 2. The number of Topliss-reactive ketones (excluding diaryl/α,β-unsaturated/α-hetero) is 1. The Hall–Kier alpha value is -3.23. The van der Waals surface area contributed by atoms with Crippen LogP contribution in [0.2, 0.25) is 0 Å². The molecule has 37 heavy (non-hydrogen) atoms. The lowest BCUT2D eigenvalue weighted by atomic mass is 10.0. The number of fused-ring (bicyclic) bond motifs is 1. The van der Waals surface area contributed by atoms with Crippen LogP contribution in [0.15, 0.2) is 65.8 Å². The maximum Gasteiger partial charge on any atom is 0.253 e. The first-order valence-electron chi connectivity index (χ1n) is 12.6. The zero-order valence-electron chi connectivity index (χ0n) is 21.3. The quantitative estimate of drug-likeness (QED) is 0.217. The summed E-state index contributed by atoms with van der Waals surface area (Å²) >= 11 is 3.09. The molecule has 1 fully saturated rings. The molecule has 1 saturated heterocycles. The number of hydrogen-bond acceptors (Lipinski definition) is 7. The van der Waals surface area contributed by atoms with Gasteiger partial charge in [-0.1, -0.05) is 61.2 Å². The molecule has 1 aliphatic rings. The van der Waals surface area contributed by atoms with Gasteiger partial charge in [0.1, 0.15) is 16.4 Å². The van der Waals surface area contributed by atoms with Crippen LogP contribution in [0.4, 0.5) is 5.82 Å². The van der Waals surface area contributed by atoms with Crippen LogP contribution < -0.4 is 4.90 Å². The minimum Gasteiger partial charge on any atom is -0.352 e. The molecule has 8 heteroatoms. The van der Waals surface area contributed by atoms with Gasteiger partial charge in [-0.15, -0.1) is 11.3 Å². The van der Waals surface area contributed by atoms with E-state index in [1.807, 2.05) is 54.3 Å². The second-order valence-corrected chi connectivity index (χ2v) is 11.6. The molecular weight excluding hydrogens is 500 g/mol. The minimum atomic E-state index is -0.196. The molecule has 0 radical (unpaired) electrons. The number of nitrogens with zero attached hydrogens (tertiary/aromatic N) is 4. The molecule has 0 saturated carbocycles. The molecular formula is C29H30N4O2S2. The standard InChI is InChI=1S/C29H30N4O2S2/c1-4-24-18-25-26(30-29(31-27(25)37-24)36-20(3)19(2)34)32-14-16-33(17-15-32)28(35)23-12-10-22(11-13-23)21-8-6-5-7-9-21/h5-13,18,20H,4,14-17H2,1-3H3. The first-order chi connectivity index (χ1) is 17.9. The number of thiophene rings is 1. The number of thioether (sulfide) groups is 1. The van der Waals surface area contributed by atoms with Gasteiger partial charge in [0.25, 0.3) is 5.91 Å². The Balaban J connectivity index is 1.32. The number of anilines is 1. The number of amides is 1. The summed E-state index contributed by atoms with van der Waals surface area (Å²) in [5.41, 5.74) is 2.95. The van der Waals surface area contributed by atoms with Gasteiger partial charge in [-0.3, -0.25) is 9.59 Å². The van der Waals surface area contributed by atoms with Crippen molar-refractivity contribution in [2.24, 2.45) is 0 Å². The molecule has 5 rings (SSSR count). The van der Waals surface area contributed by atoms with Crippen LogP contribution in [0.1, 0.15) is 36.0 Å². The van der Waals surface area contributed by atoms with E-state index in [0.29, 0.717) is 36.9 Å². The van der Waals surface area contributed by atoms with E-state index >= 15 is 0 Å². The number of ketones is 1. The summed E-state index contributed by atoms with van der Waals surface area (Å²) in [6.07, 6.45) is 0.943. The van der Waals surface area contributed by atoms with Gasteiger partial charge in [-0.2, -0.15) is 0 Å². The molecule has 0 spiro atoms. The minimum absolute atomic E-state index is 0.0578. The van der Waals surface area contributed by atoms with Crippen LogP contribution in [0.5, 0.6) is 0 Å². The Kier molecular flexibility index (Phi) is 7.58. The Morgan fingerprint density at radius 1 is 0.973 bits per heavy atom. The first kappa shape index (κ1) is 25.4.